The van der Waals surface area contributed by atoms with Gasteiger partial charge in [-0.2, -0.15) is 5.26 Å². The lowest BCUT2D eigenvalue weighted by Crippen LogP contribution is -2.50. The number of amides is 1. The number of nitrogens with zero attached hydrogens (tertiary/aromatic N) is 1. The highest BCUT2D eigenvalue weighted by atomic mass is 16.5. The summed E-state index contributed by atoms with van der Waals surface area (Å²) >= 11 is 0. The maximum Gasteiger partial charge on any atom is 0.259 e. The smallest absolute Gasteiger partial charge is 0.259 e. The number of nitrogens with one attached hydrogen (secondary N) is 1. The van der Waals surface area contributed by atoms with E-state index >= 15 is 0 Å². The third-order valence-corrected chi connectivity index (χ3v) is 4.74. The molecule has 5 nitrogen and oxygen atoms in total. The van der Waals surface area contributed by atoms with Crippen molar-refractivity contribution in [1.29, 1.82) is 5.26 Å². The zero-order valence-corrected chi connectivity index (χ0v) is 15.3. The Balaban J connectivity index is 1.45. The molecule has 0 aliphatic heterocycles. The number of nitriles is 1. The highest BCUT2D eigenvalue weighted by molar-refractivity contribution is 5.78. The van der Waals surface area contributed by atoms with Gasteiger partial charge in [-0.05, 0) is 42.7 Å². The van der Waals surface area contributed by atoms with Crippen LogP contribution in [-0.4, -0.2) is 18.1 Å². The fourth-order valence-electron chi connectivity index (χ4n) is 3.24. The van der Waals surface area contributed by atoms with Crippen LogP contribution >= 0.6 is 0 Å². The predicted octanol–water partition coefficient (Wildman–Crippen LogP) is 3.99. The average molecular weight is 364 g/mol. The van der Waals surface area contributed by atoms with E-state index in [0.717, 1.165) is 30.6 Å². The Morgan fingerprint density at radius 1 is 0.963 bits per heavy atom. The van der Waals surface area contributed by atoms with Gasteiger partial charge in [-0.3, -0.25) is 4.79 Å². The number of rotatable bonds is 7. The molecular weight excluding hydrogens is 340 g/mol. The molecule has 2 aromatic rings. The summed E-state index contributed by atoms with van der Waals surface area (Å²) in [4.78, 5) is 12.2. The SMILES string of the molecule is N#CC1(NC(=O)COc2ccc(OCc3ccccc3)cc2)CCCCC1. The Bertz CT molecular complexity index is 775. The fourth-order valence-corrected chi connectivity index (χ4v) is 3.24. The molecule has 0 radical (unpaired) electrons. The zero-order chi connectivity index (χ0) is 19.0. The number of carbonyl (C=O) groups is 1. The first-order valence-electron chi connectivity index (χ1n) is 9.31. The van der Waals surface area contributed by atoms with Gasteiger partial charge in [0.1, 0.15) is 23.6 Å². The number of benzene rings is 2. The monoisotopic (exact) mass is 364 g/mol. The van der Waals surface area contributed by atoms with Crippen LogP contribution in [-0.2, 0) is 11.4 Å². The molecule has 1 fully saturated rings. The Morgan fingerprint density at radius 3 is 2.22 bits per heavy atom. The lowest BCUT2D eigenvalue weighted by Gasteiger charge is -2.31. The van der Waals surface area contributed by atoms with Crippen LogP contribution in [0.3, 0.4) is 0 Å². The van der Waals surface area contributed by atoms with E-state index in [1.807, 2.05) is 42.5 Å². The van der Waals surface area contributed by atoms with Crippen LogP contribution in [0.4, 0.5) is 0 Å². The van der Waals surface area contributed by atoms with Gasteiger partial charge in [0.05, 0.1) is 6.07 Å². The molecule has 0 spiro atoms. The molecule has 1 amide bonds. The molecule has 5 heteroatoms. The molecule has 0 heterocycles. The maximum absolute atomic E-state index is 12.2. The standard InChI is InChI=1S/C22H24N2O3/c23-17-22(13-5-2-6-14-22)24-21(25)16-27-20-11-9-19(10-12-20)26-15-18-7-3-1-4-8-18/h1,3-4,7-12H,2,5-6,13-16H2,(H,24,25). The normalized spacial score (nSPS) is 15.4. The van der Waals surface area contributed by atoms with Gasteiger partial charge in [-0.1, -0.05) is 49.6 Å². The lowest BCUT2D eigenvalue weighted by atomic mass is 9.83. The number of carbonyl (C=O) groups excluding carboxylic acids is 1. The van der Waals surface area contributed by atoms with Crippen molar-refractivity contribution in [2.24, 2.45) is 0 Å². The van der Waals surface area contributed by atoms with Gasteiger partial charge in [0.2, 0.25) is 0 Å². The maximum atomic E-state index is 12.2. The predicted molar refractivity (Wildman–Crippen MR) is 102 cm³/mol. The Morgan fingerprint density at radius 2 is 1.59 bits per heavy atom. The van der Waals surface area contributed by atoms with E-state index in [2.05, 4.69) is 11.4 Å². The highest BCUT2D eigenvalue weighted by Gasteiger charge is 2.33. The summed E-state index contributed by atoms with van der Waals surface area (Å²) in [5.41, 5.74) is 0.372. The van der Waals surface area contributed by atoms with Gasteiger partial charge in [0.25, 0.3) is 5.91 Å². The van der Waals surface area contributed by atoms with Crippen molar-refractivity contribution in [3.8, 4) is 17.6 Å². The van der Waals surface area contributed by atoms with Crippen molar-refractivity contribution in [3.05, 3.63) is 60.2 Å². The van der Waals surface area contributed by atoms with E-state index in [0.29, 0.717) is 25.2 Å². The fraction of sp³-hybridized carbons (Fsp3) is 0.364. The second-order valence-electron chi connectivity index (χ2n) is 6.84. The van der Waals surface area contributed by atoms with E-state index in [1.165, 1.54) is 0 Å². The third kappa shape index (κ3) is 5.49. The van der Waals surface area contributed by atoms with E-state index in [4.69, 9.17) is 9.47 Å². The number of hydrogen-bond acceptors (Lipinski definition) is 4. The van der Waals surface area contributed by atoms with Crippen molar-refractivity contribution >= 4 is 5.91 Å². The second kappa shape index (κ2) is 9.09. The van der Waals surface area contributed by atoms with Crippen molar-refractivity contribution in [2.75, 3.05) is 6.61 Å². The van der Waals surface area contributed by atoms with Crippen molar-refractivity contribution in [1.82, 2.24) is 5.32 Å². The van der Waals surface area contributed by atoms with Crippen molar-refractivity contribution in [3.63, 3.8) is 0 Å². The minimum absolute atomic E-state index is 0.104. The molecule has 27 heavy (non-hydrogen) atoms. The Hall–Kier alpha value is -3.00. The van der Waals surface area contributed by atoms with E-state index < -0.39 is 5.54 Å². The quantitative estimate of drug-likeness (QED) is 0.806. The van der Waals surface area contributed by atoms with E-state index in [-0.39, 0.29) is 12.5 Å². The molecule has 0 aromatic heterocycles. The molecule has 0 unspecified atom stereocenters. The topological polar surface area (TPSA) is 71.4 Å². The van der Waals surface area contributed by atoms with E-state index in [9.17, 15) is 10.1 Å². The van der Waals surface area contributed by atoms with Crippen LogP contribution in [0.2, 0.25) is 0 Å². The molecule has 1 aliphatic rings. The highest BCUT2D eigenvalue weighted by Crippen LogP contribution is 2.27. The van der Waals surface area contributed by atoms with Crippen LogP contribution in [0, 0.1) is 11.3 Å². The molecule has 0 atom stereocenters. The average Bonchev–Trinajstić information content (AvgIpc) is 2.73. The van der Waals surface area contributed by atoms with Crippen LogP contribution in [0.1, 0.15) is 37.7 Å². The van der Waals surface area contributed by atoms with Crippen LogP contribution in [0.15, 0.2) is 54.6 Å². The molecule has 140 valence electrons. The first-order chi connectivity index (χ1) is 13.2. The van der Waals surface area contributed by atoms with Gasteiger partial charge in [0.15, 0.2) is 6.61 Å². The molecule has 0 saturated heterocycles. The summed E-state index contributed by atoms with van der Waals surface area (Å²) in [6.07, 6.45) is 4.48. The molecule has 3 rings (SSSR count). The Labute approximate surface area is 159 Å². The molecule has 1 aliphatic carbocycles. The van der Waals surface area contributed by atoms with Gasteiger partial charge in [0, 0.05) is 0 Å². The molecule has 1 saturated carbocycles. The van der Waals surface area contributed by atoms with Crippen LogP contribution < -0.4 is 14.8 Å². The Kier molecular flexibility index (Phi) is 6.32. The summed E-state index contributed by atoms with van der Waals surface area (Å²) in [5.74, 6) is 1.07. The van der Waals surface area contributed by atoms with Crippen molar-refractivity contribution < 1.29 is 14.3 Å². The summed E-state index contributed by atoms with van der Waals surface area (Å²) < 4.78 is 11.3. The van der Waals surface area contributed by atoms with Gasteiger partial charge in [-0.25, -0.2) is 0 Å². The number of hydrogen-bond donors (Lipinski definition) is 1. The van der Waals surface area contributed by atoms with Gasteiger partial charge >= 0.3 is 0 Å². The van der Waals surface area contributed by atoms with Crippen LogP contribution in [0.25, 0.3) is 0 Å². The second-order valence-corrected chi connectivity index (χ2v) is 6.84. The van der Waals surface area contributed by atoms with Crippen LogP contribution in [0.5, 0.6) is 11.5 Å². The third-order valence-electron chi connectivity index (χ3n) is 4.74. The summed E-state index contributed by atoms with van der Waals surface area (Å²) in [5, 5.41) is 12.3. The first-order valence-corrected chi connectivity index (χ1v) is 9.31. The van der Waals surface area contributed by atoms with Gasteiger partial charge < -0.3 is 14.8 Å². The molecule has 2 aromatic carbocycles. The minimum atomic E-state index is -0.728. The summed E-state index contributed by atoms with van der Waals surface area (Å²) in [6, 6.07) is 19.4. The van der Waals surface area contributed by atoms with Gasteiger partial charge in [-0.15, -0.1) is 0 Å². The number of ether oxygens (including phenoxy) is 2. The molecule has 0 bridgehead atoms. The molecule has 1 N–H and O–H groups in total. The summed E-state index contributed by atoms with van der Waals surface area (Å²) in [7, 11) is 0. The first kappa shape index (κ1) is 18.8. The summed E-state index contributed by atoms with van der Waals surface area (Å²) in [6.45, 7) is 0.396. The van der Waals surface area contributed by atoms with E-state index in [1.54, 1.807) is 12.1 Å². The minimum Gasteiger partial charge on any atom is -0.489 e. The van der Waals surface area contributed by atoms with Crippen molar-refractivity contribution in [2.45, 2.75) is 44.2 Å². The molecular formula is C22H24N2O3. The lowest BCUT2D eigenvalue weighted by molar-refractivity contribution is -0.124. The zero-order valence-electron chi connectivity index (χ0n) is 15.3. The largest absolute Gasteiger partial charge is 0.489 e.